The van der Waals surface area contributed by atoms with E-state index in [-0.39, 0.29) is 0 Å². The second-order valence-corrected chi connectivity index (χ2v) is 9.91. The fourth-order valence-electron chi connectivity index (χ4n) is 0.920. The van der Waals surface area contributed by atoms with Gasteiger partial charge in [0.15, 0.2) is 0 Å². The van der Waals surface area contributed by atoms with Gasteiger partial charge in [-0.3, -0.25) is 0 Å². The minimum Gasteiger partial charge on any atom is -0.441 e. The molecule has 0 atom stereocenters. The minimum absolute atomic E-state index is 0.674. The molecular formula is C8H9Cl2OPS. The number of halogens is 2. The van der Waals surface area contributed by atoms with Crippen molar-refractivity contribution in [3.63, 3.8) is 0 Å². The van der Waals surface area contributed by atoms with Gasteiger partial charge in [0.05, 0.1) is 0 Å². The van der Waals surface area contributed by atoms with Crippen LogP contribution in [0.5, 0.6) is 5.75 Å². The molecule has 0 N–H and O–H groups in total. The lowest BCUT2D eigenvalue weighted by Crippen LogP contribution is -1.86. The standard InChI is InChI=1S/C8H9Cl2OPS/c1-6-3-4-7(2)8(5-6)11-12(9,10)13/h3-5H,1-2H3. The number of aryl methyl sites for hydroxylation is 2. The van der Waals surface area contributed by atoms with Crippen molar-refractivity contribution in [2.75, 3.05) is 0 Å². The molecule has 0 spiro atoms. The van der Waals surface area contributed by atoms with Crippen molar-refractivity contribution < 1.29 is 4.52 Å². The predicted molar refractivity (Wildman–Crippen MR) is 62.5 cm³/mol. The van der Waals surface area contributed by atoms with Gasteiger partial charge in [0.25, 0.3) is 4.97 Å². The first-order valence-electron chi connectivity index (χ1n) is 3.65. The van der Waals surface area contributed by atoms with E-state index in [1.165, 1.54) is 0 Å². The van der Waals surface area contributed by atoms with E-state index in [1.54, 1.807) is 0 Å². The highest BCUT2D eigenvalue weighted by atomic mass is 35.9. The highest BCUT2D eigenvalue weighted by Gasteiger charge is 2.12. The normalized spacial score (nSPS) is 11.4. The first-order chi connectivity index (χ1) is 5.88. The van der Waals surface area contributed by atoms with Gasteiger partial charge in [-0.05, 0) is 65.3 Å². The molecule has 0 aliphatic carbocycles. The molecule has 13 heavy (non-hydrogen) atoms. The quantitative estimate of drug-likeness (QED) is 0.725. The molecule has 0 saturated heterocycles. The Kier molecular flexibility index (Phi) is 3.64. The SMILES string of the molecule is Cc1ccc(C)c(OP(=S)(Cl)Cl)c1. The third-order valence-electron chi connectivity index (χ3n) is 1.55. The lowest BCUT2D eigenvalue weighted by Gasteiger charge is -2.11. The van der Waals surface area contributed by atoms with Gasteiger partial charge in [-0.1, -0.05) is 12.1 Å². The van der Waals surface area contributed by atoms with E-state index in [0.717, 1.165) is 11.1 Å². The zero-order valence-electron chi connectivity index (χ0n) is 7.25. The zero-order valence-corrected chi connectivity index (χ0v) is 10.5. The molecular weight excluding hydrogens is 246 g/mol. The van der Waals surface area contributed by atoms with Crippen molar-refractivity contribution in [2.45, 2.75) is 13.8 Å². The Morgan fingerprint density at radius 2 is 1.92 bits per heavy atom. The molecule has 1 nitrogen and oxygen atoms in total. The van der Waals surface area contributed by atoms with Crippen LogP contribution in [0.25, 0.3) is 0 Å². The molecule has 0 heterocycles. The van der Waals surface area contributed by atoms with Gasteiger partial charge in [-0.15, -0.1) is 0 Å². The van der Waals surface area contributed by atoms with Crippen molar-refractivity contribution in [1.82, 2.24) is 0 Å². The molecule has 0 unspecified atom stereocenters. The summed E-state index contributed by atoms with van der Waals surface area (Å²) >= 11 is 16.1. The predicted octanol–water partition coefficient (Wildman–Crippen LogP) is 4.38. The Balaban J connectivity index is 3.01. The van der Waals surface area contributed by atoms with Crippen molar-refractivity contribution in [1.29, 1.82) is 0 Å². The molecule has 1 aromatic rings. The summed E-state index contributed by atoms with van der Waals surface area (Å²) in [6.07, 6.45) is 0. The second kappa shape index (κ2) is 4.18. The lowest BCUT2D eigenvalue weighted by molar-refractivity contribution is 0.629. The highest BCUT2D eigenvalue weighted by molar-refractivity contribution is 8.36. The monoisotopic (exact) mass is 254 g/mol. The topological polar surface area (TPSA) is 9.23 Å². The van der Waals surface area contributed by atoms with Crippen LogP contribution in [0.15, 0.2) is 18.2 Å². The summed E-state index contributed by atoms with van der Waals surface area (Å²) in [6, 6.07) is 5.82. The maximum atomic E-state index is 5.66. The first kappa shape index (κ1) is 11.3. The molecule has 0 aromatic heterocycles. The van der Waals surface area contributed by atoms with E-state index >= 15 is 0 Å². The number of hydrogen-bond acceptors (Lipinski definition) is 2. The van der Waals surface area contributed by atoms with E-state index in [4.69, 9.17) is 38.8 Å². The van der Waals surface area contributed by atoms with E-state index in [0.29, 0.717) is 5.75 Å². The van der Waals surface area contributed by atoms with E-state index < -0.39 is 4.97 Å². The lowest BCUT2D eigenvalue weighted by atomic mass is 10.1. The maximum Gasteiger partial charge on any atom is 0.289 e. The third kappa shape index (κ3) is 3.86. The molecule has 72 valence electrons. The van der Waals surface area contributed by atoms with Crippen LogP contribution in [0, 0.1) is 13.8 Å². The molecule has 0 fully saturated rings. The van der Waals surface area contributed by atoms with Crippen LogP contribution in [0.1, 0.15) is 11.1 Å². The summed E-state index contributed by atoms with van der Waals surface area (Å²) in [4.78, 5) is -2.66. The maximum absolute atomic E-state index is 5.66. The summed E-state index contributed by atoms with van der Waals surface area (Å²) in [7, 11) is 0. The van der Waals surface area contributed by atoms with Gasteiger partial charge in [0.2, 0.25) is 0 Å². The summed E-state index contributed by atoms with van der Waals surface area (Å²) in [5, 5.41) is 0. The Bertz CT molecular complexity index is 361. The Morgan fingerprint density at radius 1 is 1.31 bits per heavy atom. The van der Waals surface area contributed by atoms with Gasteiger partial charge in [-0.25, -0.2) is 0 Å². The highest BCUT2D eigenvalue weighted by Crippen LogP contribution is 2.57. The van der Waals surface area contributed by atoms with Crippen LogP contribution in [-0.4, -0.2) is 0 Å². The number of benzene rings is 1. The third-order valence-corrected chi connectivity index (χ3v) is 2.60. The molecule has 0 bridgehead atoms. The van der Waals surface area contributed by atoms with Gasteiger partial charge >= 0.3 is 0 Å². The van der Waals surface area contributed by atoms with Crippen molar-refractivity contribution in [2.24, 2.45) is 0 Å². The second-order valence-electron chi connectivity index (χ2n) is 2.77. The van der Waals surface area contributed by atoms with E-state index in [1.807, 2.05) is 32.0 Å². The average molecular weight is 255 g/mol. The first-order valence-corrected chi connectivity index (χ1v) is 8.18. The van der Waals surface area contributed by atoms with Gasteiger partial charge in [-0.2, -0.15) is 0 Å². The van der Waals surface area contributed by atoms with Crippen LogP contribution in [0.2, 0.25) is 0 Å². The van der Waals surface area contributed by atoms with Crippen LogP contribution in [-0.2, 0) is 11.8 Å². The zero-order chi connectivity index (χ0) is 10.1. The smallest absolute Gasteiger partial charge is 0.289 e. The molecule has 1 aromatic carbocycles. The van der Waals surface area contributed by atoms with Crippen molar-refractivity contribution in [3.05, 3.63) is 29.3 Å². The van der Waals surface area contributed by atoms with Crippen LogP contribution in [0.3, 0.4) is 0 Å². The fourth-order valence-corrected chi connectivity index (χ4v) is 2.03. The van der Waals surface area contributed by atoms with Crippen LogP contribution >= 0.6 is 27.5 Å². The van der Waals surface area contributed by atoms with Crippen molar-refractivity contribution in [3.8, 4) is 5.75 Å². The minimum atomic E-state index is -2.66. The molecule has 5 heteroatoms. The molecule has 0 amide bonds. The molecule has 0 aliphatic rings. The number of rotatable bonds is 2. The molecule has 0 saturated carbocycles. The average Bonchev–Trinajstić information content (AvgIpc) is 1.94. The van der Waals surface area contributed by atoms with E-state index in [9.17, 15) is 0 Å². The Morgan fingerprint density at radius 3 is 2.46 bits per heavy atom. The summed E-state index contributed by atoms with van der Waals surface area (Å²) < 4.78 is 5.27. The van der Waals surface area contributed by atoms with Gasteiger partial charge < -0.3 is 4.52 Å². The largest absolute Gasteiger partial charge is 0.441 e. The van der Waals surface area contributed by atoms with Crippen molar-refractivity contribution >= 4 is 39.3 Å². The van der Waals surface area contributed by atoms with E-state index in [2.05, 4.69) is 0 Å². The summed E-state index contributed by atoms with van der Waals surface area (Å²) in [6.45, 7) is 3.89. The molecule has 1 rings (SSSR count). The van der Waals surface area contributed by atoms with Gasteiger partial charge in [0.1, 0.15) is 5.75 Å². The number of hydrogen-bond donors (Lipinski definition) is 0. The Labute approximate surface area is 92.7 Å². The molecule has 0 aliphatic heterocycles. The summed E-state index contributed by atoms with van der Waals surface area (Å²) in [5.74, 6) is 0.674. The molecule has 0 radical (unpaired) electrons. The Hall–Kier alpha value is 0.250. The van der Waals surface area contributed by atoms with Gasteiger partial charge in [0, 0.05) is 0 Å². The fraction of sp³-hybridized carbons (Fsp3) is 0.250. The van der Waals surface area contributed by atoms with Crippen LogP contribution < -0.4 is 4.52 Å². The summed E-state index contributed by atoms with van der Waals surface area (Å²) in [5.41, 5.74) is 2.08. The van der Waals surface area contributed by atoms with Crippen LogP contribution in [0.4, 0.5) is 0 Å².